The summed E-state index contributed by atoms with van der Waals surface area (Å²) in [5.41, 5.74) is 0.0116. The lowest BCUT2D eigenvalue weighted by atomic mass is 10.1. The average Bonchev–Trinajstić information content (AvgIpc) is 2.34. The largest absolute Gasteiger partial charge is 0.493 e. The van der Waals surface area contributed by atoms with Crippen LogP contribution < -0.4 is 10.1 Å². The molecule has 0 saturated heterocycles. The van der Waals surface area contributed by atoms with E-state index < -0.39 is 5.92 Å². The Balaban J connectivity index is 2.63. The second kappa shape index (κ2) is 6.85. The Kier molecular flexibility index (Phi) is 5.73. The highest BCUT2D eigenvalue weighted by molar-refractivity contribution is 5.30. The molecular weight excluding hydrogens is 248 g/mol. The van der Waals surface area contributed by atoms with Crippen molar-refractivity contribution in [3.05, 3.63) is 29.8 Å². The fraction of sp³-hybridized carbons (Fsp3) is 0.600. The van der Waals surface area contributed by atoms with E-state index in [1.807, 2.05) is 27.7 Å². The fourth-order valence-corrected chi connectivity index (χ4v) is 1.49. The molecule has 0 atom stereocenters. The maximum Gasteiger partial charge on any atom is 0.285 e. The van der Waals surface area contributed by atoms with Gasteiger partial charge in [0.1, 0.15) is 5.75 Å². The summed E-state index contributed by atoms with van der Waals surface area (Å²) in [5, 5.41) is 2.76. The Hall–Kier alpha value is -1.16. The summed E-state index contributed by atoms with van der Waals surface area (Å²) in [5.74, 6) is -1.82. The van der Waals surface area contributed by atoms with Crippen molar-refractivity contribution in [3.8, 4) is 5.75 Å². The predicted octanol–water partition coefficient (Wildman–Crippen LogP) is 3.81. The van der Waals surface area contributed by atoms with Crippen molar-refractivity contribution in [2.45, 2.75) is 39.7 Å². The molecule has 0 amide bonds. The number of nitrogens with one attached hydrogen (secondary N) is 1. The standard InChI is InChI=1S/C15H23F2NO/c1-11(2)9-19-14-7-5-13(6-8-14)15(16,17)10-18-12(3)4/h5-8,11-12,18H,9-10H2,1-4H3. The van der Waals surface area contributed by atoms with E-state index in [0.29, 0.717) is 18.3 Å². The molecule has 4 heteroatoms. The zero-order valence-corrected chi connectivity index (χ0v) is 12.0. The molecule has 0 aliphatic rings. The summed E-state index contributed by atoms with van der Waals surface area (Å²) >= 11 is 0. The monoisotopic (exact) mass is 271 g/mol. The molecular formula is C15H23F2NO. The minimum absolute atomic E-state index is 0.0116. The van der Waals surface area contributed by atoms with Crippen LogP contribution in [0, 0.1) is 5.92 Å². The Labute approximate surface area is 114 Å². The molecule has 0 radical (unpaired) electrons. The van der Waals surface area contributed by atoms with Crippen molar-refractivity contribution >= 4 is 0 Å². The number of hydrogen-bond donors (Lipinski definition) is 1. The summed E-state index contributed by atoms with van der Waals surface area (Å²) in [6, 6.07) is 6.09. The van der Waals surface area contributed by atoms with Crippen LogP contribution >= 0.6 is 0 Å². The lowest BCUT2D eigenvalue weighted by Gasteiger charge is -2.19. The van der Waals surface area contributed by atoms with Crippen LogP contribution in [0.25, 0.3) is 0 Å². The third kappa shape index (κ3) is 5.55. The van der Waals surface area contributed by atoms with E-state index in [2.05, 4.69) is 5.32 Å². The van der Waals surface area contributed by atoms with Crippen molar-refractivity contribution < 1.29 is 13.5 Å². The molecule has 0 bridgehead atoms. The minimum Gasteiger partial charge on any atom is -0.493 e. The summed E-state index contributed by atoms with van der Waals surface area (Å²) < 4.78 is 33.2. The van der Waals surface area contributed by atoms with Crippen molar-refractivity contribution in [1.82, 2.24) is 5.32 Å². The minimum atomic E-state index is -2.86. The van der Waals surface area contributed by atoms with Crippen LogP contribution in [0.15, 0.2) is 24.3 Å². The second-order valence-electron chi connectivity index (χ2n) is 5.47. The van der Waals surface area contributed by atoms with Crippen LogP contribution in [0.2, 0.25) is 0 Å². The fourth-order valence-electron chi connectivity index (χ4n) is 1.49. The molecule has 0 unspecified atom stereocenters. The molecule has 108 valence electrons. The molecule has 0 spiro atoms. The van der Waals surface area contributed by atoms with E-state index >= 15 is 0 Å². The quantitative estimate of drug-likeness (QED) is 0.814. The van der Waals surface area contributed by atoms with Crippen LogP contribution in [0.1, 0.15) is 33.3 Å². The van der Waals surface area contributed by atoms with Gasteiger partial charge in [-0.1, -0.05) is 27.7 Å². The normalized spacial score (nSPS) is 12.2. The molecule has 1 N–H and O–H groups in total. The van der Waals surface area contributed by atoms with Gasteiger partial charge < -0.3 is 10.1 Å². The summed E-state index contributed by atoms with van der Waals surface area (Å²) in [4.78, 5) is 0. The van der Waals surface area contributed by atoms with Crippen molar-refractivity contribution in [3.63, 3.8) is 0 Å². The van der Waals surface area contributed by atoms with Crippen LogP contribution in [0.5, 0.6) is 5.75 Å². The van der Waals surface area contributed by atoms with Crippen LogP contribution in [-0.2, 0) is 5.92 Å². The Bertz CT molecular complexity index is 374. The van der Waals surface area contributed by atoms with E-state index in [0.717, 1.165) is 0 Å². The maximum absolute atomic E-state index is 13.9. The van der Waals surface area contributed by atoms with Gasteiger partial charge in [0.05, 0.1) is 13.2 Å². The van der Waals surface area contributed by atoms with E-state index in [9.17, 15) is 8.78 Å². The van der Waals surface area contributed by atoms with Gasteiger partial charge in [0.25, 0.3) is 5.92 Å². The molecule has 0 heterocycles. The van der Waals surface area contributed by atoms with E-state index in [4.69, 9.17) is 4.74 Å². The molecule has 2 nitrogen and oxygen atoms in total. The number of hydrogen-bond acceptors (Lipinski definition) is 2. The maximum atomic E-state index is 13.9. The first-order chi connectivity index (χ1) is 8.81. The molecule has 1 aromatic rings. The topological polar surface area (TPSA) is 21.3 Å². The predicted molar refractivity (Wildman–Crippen MR) is 73.8 cm³/mol. The first-order valence-corrected chi connectivity index (χ1v) is 6.66. The van der Waals surface area contributed by atoms with E-state index in [1.165, 1.54) is 12.1 Å². The van der Waals surface area contributed by atoms with Crippen LogP contribution in [0.3, 0.4) is 0 Å². The van der Waals surface area contributed by atoms with Gasteiger partial charge in [-0.05, 0) is 30.2 Å². The molecule has 0 fully saturated rings. The molecule has 19 heavy (non-hydrogen) atoms. The smallest absolute Gasteiger partial charge is 0.285 e. The lowest BCUT2D eigenvalue weighted by molar-refractivity contribution is -0.00488. The van der Waals surface area contributed by atoms with E-state index in [1.54, 1.807) is 12.1 Å². The number of benzene rings is 1. The first-order valence-electron chi connectivity index (χ1n) is 6.66. The highest BCUT2D eigenvalue weighted by atomic mass is 19.3. The van der Waals surface area contributed by atoms with Crippen molar-refractivity contribution in [2.75, 3.05) is 13.2 Å². The molecule has 0 aromatic heterocycles. The summed E-state index contributed by atoms with van der Waals surface area (Å²) in [6.07, 6.45) is 0. The number of halogens is 2. The highest BCUT2D eigenvalue weighted by Crippen LogP contribution is 2.28. The first kappa shape index (κ1) is 15.9. The highest BCUT2D eigenvalue weighted by Gasteiger charge is 2.31. The van der Waals surface area contributed by atoms with Gasteiger partial charge in [-0.3, -0.25) is 0 Å². The van der Waals surface area contributed by atoms with Gasteiger partial charge in [-0.2, -0.15) is 8.78 Å². The third-order valence-corrected chi connectivity index (χ3v) is 2.59. The number of ether oxygens (including phenoxy) is 1. The Morgan fingerprint density at radius 1 is 1.11 bits per heavy atom. The third-order valence-electron chi connectivity index (χ3n) is 2.59. The van der Waals surface area contributed by atoms with Gasteiger partial charge in [-0.15, -0.1) is 0 Å². The zero-order valence-electron chi connectivity index (χ0n) is 12.0. The number of alkyl halides is 2. The lowest BCUT2D eigenvalue weighted by Crippen LogP contribution is -2.34. The molecule has 1 aromatic carbocycles. The molecule has 0 saturated carbocycles. The zero-order chi connectivity index (χ0) is 14.5. The van der Waals surface area contributed by atoms with Gasteiger partial charge in [0, 0.05) is 11.6 Å². The van der Waals surface area contributed by atoms with Gasteiger partial charge in [-0.25, -0.2) is 0 Å². The van der Waals surface area contributed by atoms with Crippen LogP contribution in [0.4, 0.5) is 8.78 Å². The van der Waals surface area contributed by atoms with Gasteiger partial charge in [0.15, 0.2) is 0 Å². The average molecular weight is 271 g/mol. The Morgan fingerprint density at radius 2 is 1.68 bits per heavy atom. The van der Waals surface area contributed by atoms with Gasteiger partial charge in [0.2, 0.25) is 0 Å². The van der Waals surface area contributed by atoms with Crippen molar-refractivity contribution in [2.24, 2.45) is 5.92 Å². The van der Waals surface area contributed by atoms with Gasteiger partial charge >= 0.3 is 0 Å². The molecule has 0 aliphatic heterocycles. The van der Waals surface area contributed by atoms with E-state index in [-0.39, 0.29) is 18.2 Å². The van der Waals surface area contributed by atoms with Crippen LogP contribution in [-0.4, -0.2) is 19.2 Å². The molecule has 0 aliphatic carbocycles. The summed E-state index contributed by atoms with van der Waals surface area (Å²) in [6.45, 7) is 8.01. The second-order valence-corrected chi connectivity index (χ2v) is 5.47. The summed E-state index contributed by atoms with van der Waals surface area (Å²) in [7, 11) is 0. The Morgan fingerprint density at radius 3 is 2.16 bits per heavy atom. The SMILES string of the molecule is CC(C)COc1ccc(C(F)(F)CNC(C)C)cc1. The number of rotatable bonds is 7. The van der Waals surface area contributed by atoms with Crippen molar-refractivity contribution in [1.29, 1.82) is 0 Å². The molecule has 1 rings (SSSR count).